The number of carbonyl (C=O) groups is 3. The molecule has 2 unspecified atom stereocenters. The van der Waals surface area contributed by atoms with Gasteiger partial charge in [-0.25, -0.2) is 0 Å². The van der Waals surface area contributed by atoms with Gasteiger partial charge in [0.15, 0.2) is 12.4 Å². The number of hydrogen-bond donors (Lipinski definition) is 0. The minimum Gasteiger partial charge on any atom is -0.545 e. The standard InChI is InChI=1S/C70H115NO8/c1-6-8-10-12-14-16-18-20-22-24-26-28-30-32-33-34-35-37-38-40-42-44-46-48-50-52-54-56-58-60-67(72)77-64-66(65-78-70(69(74)75)76-63-62-71(3,4)5)79-68(73)61-59-57-55-53-51-49-47-45-43-41-39-36-31-29-27-25-23-21-19-17-15-13-11-9-7-2/h8-11,14-17,20-23,26-29,32-33,36,39,43,45,66,70H,6-7,12-13,18-19,24-25,30-31,34-35,37-38,40-42,44,46-65H2,1-5H3/b10-8-,11-9-,16-14-,17-15-,22-20-,23-21-,28-26-,29-27-,33-32-,39-36-,45-43-. The molecule has 0 aliphatic heterocycles. The highest BCUT2D eigenvalue weighted by Gasteiger charge is 2.22. The molecule has 0 amide bonds. The molecule has 0 N–H and O–H groups in total. The van der Waals surface area contributed by atoms with E-state index in [4.69, 9.17) is 18.9 Å². The van der Waals surface area contributed by atoms with E-state index in [9.17, 15) is 19.5 Å². The van der Waals surface area contributed by atoms with Crippen LogP contribution in [0.3, 0.4) is 0 Å². The normalized spacial score (nSPS) is 13.7. The van der Waals surface area contributed by atoms with E-state index >= 15 is 0 Å². The van der Waals surface area contributed by atoms with Crippen molar-refractivity contribution in [2.75, 3.05) is 47.5 Å². The summed E-state index contributed by atoms with van der Waals surface area (Å²) < 4.78 is 22.7. The number of allylic oxidation sites excluding steroid dienone is 22. The molecular weight excluding hydrogens is 983 g/mol. The second-order valence-corrected chi connectivity index (χ2v) is 21.6. The van der Waals surface area contributed by atoms with E-state index in [2.05, 4.69) is 148 Å². The Morgan fingerprint density at radius 3 is 1.01 bits per heavy atom. The molecule has 9 nitrogen and oxygen atoms in total. The van der Waals surface area contributed by atoms with E-state index in [0.717, 1.165) is 128 Å². The molecule has 0 aliphatic rings. The van der Waals surface area contributed by atoms with Crippen LogP contribution in [0.25, 0.3) is 0 Å². The maximum Gasteiger partial charge on any atom is 0.306 e. The number of hydrogen-bond acceptors (Lipinski definition) is 8. The molecule has 0 spiro atoms. The highest BCUT2D eigenvalue weighted by molar-refractivity contribution is 5.70. The fourth-order valence-corrected chi connectivity index (χ4v) is 8.15. The van der Waals surface area contributed by atoms with Gasteiger partial charge in [0.25, 0.3) is 0 Å². The molecule has 448 valence electrons. The second kappa shape index (κ2) is 59.5. The maximum absolute atomic E-state index is 12.9. The molecule has 0 rings (SSSR count). The van der Waals surface area contributed by atoms with Crippen LogP contribution in [0.5, 0.6) is 0 Å². The van der Waals surface area contributed by atoms with Gasteiger partial charge < -0.3 is 33.3 Å². The lowest BCUT2D eigenvalue weighted by atomic mass is 10.0. The van der Waals surface area contributed by atoms with Gasteiger partial charge in [-0.3, -0.25) is 9.59 Å². The summed E-state index contributed by atoms with van der Waals surface area (Å²) in [6.07, 6.45) is 82.2. The fraction of sp³-hybridized carbons (Fsp3) is 0.643. The zero-order valence-electron chi connectivity index (χ0n) is 50.9. The Morgan fingerprint density at radius 2 is 0.684 bits per heavy atom. The Hall–Kier alpha value is -4.57. The number of nitrogens with zero attached hydrogens (tertiary/aromatic N) is 1. The Bertz CT molecular complexity index is 1750. The monoisotopic (exact) mass is 1100 g/mol. The van der Waals surface area contributed by atoms with Crippen LogP contribution < -0.4 is 5.11 Å². The molecule has 0 fully saturated rings. The maximum atomic E-state index is 12.9. The predicted octanol–water partition coefficient (Wildman–Crippen LogP) is 17.7. The van der Waals surface area contributed by atoms with Gasteiger partial charge >= 0.3 is 11.9 Å². The number of rotatable bonds is 56. The van der Waals surface area contributed by atoms with E-state index in [-0.39, 0.29) is 38.6 Å². The molecule has 0 aromatic rings. The van der Waals surface area contributed by atoms with Crippen molar-refractivity contribution in [3.05, 3.63) is 134 Å². The van der Waals surface area contributed by atoms with Gasteiger partial charge in [0.05, 0.1) is 40.3 Å². The number of carboxylic acid groups (broad SMARTS) is 1. The summed E-state index contributed by atoms with van der Waals surface area (Å²) in [6.45, 7) is 4.49. The number of ether oxygens (including phenoxy) is 4. The average Bonchev–Trinajstić information content (AvgIpc) is 3.42. The third-order valence-corrected chi connectivity index (χ3v) is 12.9. The van der Waals surface area contributed by atoms with Crippen molar-refractivity contribution < 1.29 is 42.9 Å². The zero-order chi connectivity index (χ0) is 57.6. The SMILES string of the molecule is CC/C=C\C/C=C\C/C=C\C/C=C\C/C=C\C/C=C\CCCCCCCCC(=O)OC(COC(=O)CCCCCCCCCCCCCCC/C=C\C/C=C\C/C=C\C/C=C\C/C=C\CC)COC(OCC[N+](C)(C)C)C(=O)[O-]. The molecule has 0 heterocycles. The smallest absolute Gasteiger partial charge is 0.306 e. The summed E-state index contributed by atoms with van der Waals surface area (Å²) in [5.74, 6) is -2.32. The number of carboxylic acids is 1. The molecule has 0 radical (unpaired) electrons. The first-order valence-electron chi connectivity index (χ1n) is 31.3. The predicted molar refractivity (Wildman–Crippen MR) is 333 cm³/mol. The molecular formula is C70H115NO8. The summed E-state index contributed by atoms with van der Waals surface area (Å²) in [6, 6.07) is 0. The largest absolute Gasteiger partial charge is 0.545 e. The van der Waals surface area contributed by atoms with E-state index in [1.807, 2.05) is 21.1 Å². The van der Waals surface area contributed by atoms with Gasteiger partial charge in [-0.2, -0.15) is 0 Å². The van der Waals surface area contributed by atoms with E-state index in [1.54, 1.807) is 0 Å². The summed E-state index contributed by atoms with van der Waals surface area (Å²) in [5.41, 5.74) is 0. The van der Waals surface area contributed by atoms with Crippen LogP contribution >= 0.6 is 0 Å². The number of carbonyl (C=O) groups excluding carboxylic acids is 3. The molecule has 0 aliphatic carbocycles. The number of unbranched alkanes of at least 4 members (excludes halogenated alkanes) is 19. The average molecular weight is 1100 g/mol. The Kier molecular flexibility index (Phi) is 56.1. The third kappa shape index (κ3) is 60.9. The summed E-state index contributed by atoms with van der Waals surface area (Å²) >= 11 is 0. The third-order valence-electron chi connectivity index (χ3n) is 12.9. The van der Waals surface area contributed by atoms with Gasteiger partial charge in [0, 0.05) is 12.8 Å². The van der Waals surface area contributed by atoms with Gasteiger partial charge in [0.1, 0.15) is 13.2 Å². The van der Waals surface area contributed by atoms with Crippen molar-refractivity contribution in [3.63, 3.8) is 0 Å². The lowest BCUT2D eigenvalue weighted by Gasteiger charge is -2.26. The van der Waals surface area contributed by atoms with Crippen LogP contribution in [0.1, 0.15) is 232 Å². The molecule has 0 saturated heterocycles. The first-order valence-corrected chi connectivity index (χ1v) is 31.3. The van der Waals surface area contributed by atoms with Crippen molar-refractivity contribution in [1.29, 1.82) is 0 Å². The van der Waals surface area contributed by atoms with Gasteiger partial charge in [-0.15, -0.1) is 0 Å². The highest BCUT2D eigenvalue weighted by Crippen LogP contribution is 2.15. The molecule has 9 heteroatoms. The van der Waals surface area contributed by atoms with Crippen molar-refractivity contribution in [1.82, 2.24) is 0 Å². The van der Waals surface area contributed by atoms with Gasteiger partial charge in [-0.05, 0) is 109 Å². The number of likely N-dealkylation sites (N-methyl/N-ethyl adjacent to an activating group) is 1. The molecule has 0 aromatic heterocycles. The molecule has 79 heavy (non-hydrogen) atoms. The van der Waals surface area contributed by atoms with Crippen LogP contribution in [0.2, 0.25) is 0 Å². The zero-order valence-corrected chi connectivity index (χ0v) is 50.9. The second-order valence-electron chi connectivity index (χ2n) is 21.6. The minimum absolute atomic E-state index is 0.137. The lowest BCUT2D eigenvalue weighted by Crippen LogP contribution is -2.44. The Morgan fingerprint density at radius 1 is 0.380 bits per heavy atom. The van der Waals surface area contributed by atoms with Crippen LogP contribution in [0.4, 0.5) is 0 Å². The van der Waals surface area contributed by atoms with Crippen molar-refractivity contribution in [2.24, 2.45) is 0 Å². The van der Waals surface area contributed by atoms with E-state index in [0.29, 0.717) is 17.4 Å². The van der Waals surface area contributed by atoms with Crippen LogP contribution in [-0.4, -0.2) is 82.3 Å². The quantitative estimate of drug-likeness (QED) is 0.0195. The van der Waals surface area contributed by atoms with Crippen molar-refractivity contribution in [2.45, 2.75) is 245 Å². The van der Waals surface area contributed by atoms with E-state index in [1.165, 1.54) is 70.6 Å². The Balaban J connectivity index is 4.25. The molecule has 0 saturated carbocycles. The molecule has 0 bridgehead atoms. The van der Waals surface area contributed by atoms with E-state index < -0.39 is 24.3 Å². The van der Waals surface area contributed by atoms with Gasteiger partial charge in [-0.1, -0.05) is 244 Å². The highest BCUT2D eigenvalue weighted by atomic mass is 16.7. The number of aliphatic carboxylic acids is 1. The topological polar surface area (TPSA) is 111 Å². The van der Waals surface area contributed by atoms with Crippen LogP contribution in [0.15, 0.2) is 134 Å². The van der Waals surface area contributed by atoms with Crippen LogP contribution in [0, 0.1) is 0 Å². The minimum atomic E-state index is -1.63. The molecule has 0 aromatic carbocycles. The lowest BCUT2D eigenvalue weighted by molar-refractivity contribution is -0.870. The summed E-state index contributed by atoms with van der Waals surface area (Å²) in [4.78, 5) is 37.4. The van der Waals surface area contributed by atoms with Crippen molar-refractivity contribution in [3.8, 4) is 0 Å². The summed E-state index contributed by atoms with van der Waals surface area (Å²) in [7, 11) is 5.91. The summed E-state index contributed by atoms with van der Waals surface area (Å²) in [5, 5.41) is 11.8. The first kappa shape index (κ1) is 74.4. The molecule has 2 atom stereocenters. The first-order chi connectivity index (χ1) is 38.6. The van der Waals surface area contributed by atoms with Crippen molar-refractivity contribution >= 4 is 17.9 Å². The number of esters is 2. The fourth-order valence-electron chi connectivity index (χ4n) is 8.15. The number of quaternary nitrogens is 1. The van der Waals surface area contributed by atoms with Crippen LogP contribution in [-0.2, 0) is 33.3 Å². The van der Waals surface area contributed by atoms with Gasteiger partial charge in [0.2, 0.25) is 0 Å². The Labute approximate surface area is 484 Å².